The molecule has 0 aromatic heterocycles. The Hall–Kier alpha value is -0.420. The Labute approximate surface area is 74.0 Å². The fraction of sp³-hybridized carbons (Fsp3) is 0.857. The second kappa shape index (κ2) is 4.00. The van der Waals surface area contributed by atoms with Gasteiger partial charge in [-0.25, -0.2) is 0 Å². The highest BCUT2D eigenvalue weighted by molar-refractivity contribution is 7.84. The van der Waals surface area contributed by atoms with E-state index < -0.39 is 16.9 Å². The maximum absolute atomic E-state index is 11.1. The van der Waals surface area contributed by atoms with Gasteiger partial charge in [-0.2, -0.15) is 0 Å². The van der Waals surface area contributed by atoms with Gasteiger partial charge >= 0.3 is 0 Å². The standard InChI is InChI=1S/C7H13NO3S/c1-12(11)3-2-8-5-6(9)4-7(8)10/h6,9H,2-5H2,1H3. The van der Waals surface area contributed by atoms with Gasteiger partial charge in [-0.1, -0.05) is 0 Å². The first-order valence-electron chi connectivity index (χ1n) is 3.85. The van der Waals surface area contributed by atoms with Crippen molar-refractivity contribution in [2.45, 2.75) is 12.5 Å². The van der Waals surface area contributed by atoms with Crippen LogP contribution in [0, 0.1) is 0 Å². The molecule has 2 unspecified atom stereocenters. The predicted octanol–water partition coefficient (Wildman–Crippen LogP) is -1.04. The van der Waals surface area contributed by atoms with Crippen molar-refractivity contribution in [3.8, 4) is 0 Å². The van der Waals surface area contributed by atoms with Gasteiger partial charge in [-0.3, -0.25) is 9.00 Å². The first kappa shape index (κ1) is 9.67. The average Bonchev–Trinajstić information content (AvgIpc) is 2.26. The van der Waals surface area contributed by atoms with Crippen molar-refractivity contribution in [1.82, 2.24) is 4.90 Å². The first-order chi connectivity index (χ1) is 5.59. The van der Waals surface area contributed by atoms with Crippen LogP contribution in [0.4, 0.5) is 0 Å². The van der Waals surface area contributed by atoms with Crippen LogP contribution in [0.2, 0.25) is 0 Å². The van der Waals surface area contributed by atoms with Crippen LogP contribution in [-0.2, 0) is 15.6 Å². The molecule has 0 aliphatic carbocycles. The third kappa shape index (κ3) is 2.57. The van der Waals surface area contributed by atoms with E-state index in [1.54, 1.807) is 11.2 Å². The van der Waals surface area contributed by atoms with Crippen LogP contribution in [0.5, 0.6) is 0 Å². The Balaban J connectivity index is 2.33. The van der Waals surface area contributed by atoms with Gasteiger partial charge in [-0.15, -0.1) is 0 Å². The van der Waals surface area contributed by atoms with E-state index in [0.717, 1.165) is 0 Å². The monoisotopic (exact) mass is 191 g/mol. The number of rotatable bonds is 3. The molecule has 4 nitrogen and oxygen atoms in total. The van der Waals surface area contributed by atoms with Crippen molar-refractivity contribution in [2.75, 3.05) is 25.1 Å². The van der Waals surface area contributed by atoms with Crippen molar-refractivity contribution in [2.24, 2.45) is 0 Å². The smallest absolute Gasteiger partial charge is 0.225 e. The van der Waals surface area contributed by atoms with Crippen LogP contribution in [0.3, 0.4) is 0 Å². The van der Waals surface area contributed by atoms with Crippen molar-refractivity contribution in [3.63, 3.8) is 0 Å². The first-order valence-corrected chi connectivity index (χ1v) is 5.58. The number of carbonyl (C=O) groups excluding carboxylic acids is 1. The average molecular weight is 191 g/mol. The molecule has 1 heterocycles. The van der Waals surface area contributed by atoms with Crippen LogP contribution < -0.4 is 0 Å². The molecule has 1 fully saturated rings. The second-order valence-corrected chi connectivity index (χ2v) is 4.53. The summed E-state index contributed by atoms with van der Waals surface area (Å²) < 4.78 is 10.7. The summed E-state index contributed by atoms with van der Waals surface area (Å²) in [5, 5.41) is 9.10. The predicted molar refractivity (Wildman–Crippen MR) is 46.1 cm³/mol. The second-order valence-electron chi connectivity index (χ2n) is 2.98. The minimum Gasteiger partial charge on any atom is -0.391 e. The number of nitrogens with zero attached hydrogens (tertiary/aromatic N) is 1. The van der Waals surface area contributed by atoms with Gasteiger partial charge in [0.15, 0.2) is 0 Å². The van der Waals surface area contributed by atoms with E-state index in [1.807, 2.05) is 0 Å². The maximum Gasteiger partial charge on any atom is 0.225 e. The summed E-state index contributed by atoms with van der Waals surface area (Å²) in [5.74, 6) is 0.464. The van der Waals surface area contributed by atoms with Crippen molar-refractivity contribution < 1.29 is 14.1 Å². The highest BCUT2D eigenvalue weighted by Crippen LogP contribution is 2.09. The van der Waals surface area contributed by atoms with E-state index in [4.69, 9.17) is 5.11 Å². The molecule has 70 valence electrons. The van der Waals surface area contributed by atoms with E-state index in [2.05, 4.69) is 0 Å². The SMILES string of the molecule is CS(=O)CCN1CC(O)CC1=O. The molecule has 0 bridgehead atoms. The molecule has 1 amide bonds. The molecule has 2 atom stereocenters. The largest absolute Gasteiger partial charge is 0.391 e. The van der Waals surface area contributed by atoms with Gasteiger partial charge in [-0.05, 0) is 0 Å². The molecule has 0 spiro atoms. The fourth-order valence-corrected chi connectivity index (χ4v) is 1.68. The number of amides is 1. The van der Waals surface area contributed by atoms with Crippen LogP contribution in [-0.4, -0.2) is 51.3 Å². The quantitative estimate of drug-likeness (QED) is 0.620. The molecular weight excluding hydrogens is 178 g/mol. The Morgan fingerprint density at radius 1 is 1.75 bits per heavy atom. The van der Waals surface area contributed by atoms with Crippen molar-refractivity contribution >= 4 is 16.7 Å². The van der Waals surface area contributed by atoms with Crippen molar-refractivity contribution in [1.29, 1.82) is 0 Å². The number of β-amino-alcohol motifs (C(OH)–C–C–N with tert-alkyl or cyclic N) is 1. The molecule has 0 radical (unpaired) electrons. The number of carbonyl (C=O) groups is 1. The fourth-order valence-electron chi connectivity index (χ4n) is 1.21. The minimum absolute atomic E-state index is 0.0343. The highest BCUT2D eigenvalue weighted by atomic mass is 32.2. The minimum atomic E-state index is -0.863. The number of aliphatic hydroxyl groups excluding tert-OH is 1. The van der Waals surface area contributed by atoms with Crippen molar-refractivity contribution in [3.05, 3.63) is 0 Å². The number of hydrogen-bond acceptors (Lipinski definition) is 3. The van der Waals surface area contributed by atoms with E-state index in [-0.39, 0.29) is 12.3 Å². The molecule has 0 aromatic carbocycles. The molecule has 1 saturated heterocycles. The molecule has 1 rings (SSSR count). The van der Waals surface area contributed by atoms with Gasteiger partial charge < -0.3 is 10.0 Å². The summed E-state index contributed by atoms with van der Waals surface area (Å²) in [7, 11) is -0.863. The lowest BCUT2D eigenvalue weighted by Crippen LogP contribution is -2.29. The highest BCUT2D eigenvalue weighted by Gasteiger charge is 2.27. The summed E-state index contributed by atoms with van der Waals surface area (Å²) in [5.41, 5.74) is 0. The molecular formula is C7H13NO3S. The maximum atomic E-state index is 11.1. The van der Waals surface area contributed by atoms with Gasteiger partial charge in [0.2, 0.25) is 5.91 Å². The van der Waals surface area contributed by atoms with Gasteiger partial charge in [0.25, 0.3) is 0 Å². The normalized spacial score (nSPS) is 26.3. The number of aliphatic hydroxyl groups is 1. The van der Waals surface area contributed by atoms with Crippen LogP contribution in [0.1, 0.15) is 6.42 Å². The Kier molecular flexibility index (Phi) is 3.22. The summed E-state index contributed by atoms with van der Waals surface area (Å²) in [6.07, 6.45) is 1.30. The third-order valence-electron chi connectivity index (χ3n) is 1.84. The lowest BCUT2D eigenvalue weighted by Gasteiger charge is -2.13. The zero-order valence-corrected chi connectivity index (χ0v) is 7.84. The molecule has 1 N–H and O–H groups in total. The Morgan fingerprint density at radius 3 is 2.83 bits per heavy atom. The zero-order chi connectivity index (χ0) is 9.14. The molecule has 1 aliphatic rings. The Bertz CT molecular complexity index is 207. The third-order valence-corrected chi connectivity index (χ3v) is 2.60. The van der Waals surface area contributed by atoms with Gasteiger partial charge in [0.05, 0.1) is 12.5 Å². The number of hydrogen-bond donors (Lipinski definition) is 1. The summed E-state index contributed by atoms with van der Waals surface area (Å²) in [6.45, 7) is 0.898. The van der Waals surface area contributed by atoms with Gasteiger partial charge in [0.1, 0.15) is 0 Å². The molecule has 1 aliphatic heterocycles. The van der Waals surface area contributed by atoms with E-state index in [1.165, 1.54) is 0 Å². The van der Waals surface area contributed by atoms with E-state index in [9.17, 15) is 9.00 Å². The van der Waals surface area contributed by atoms with E-state index >= 15 is 0 Å². The lowest BCUT2D eigenvalue weighted by molar-refractivity contribution is -0.127. The van der Waals surface area contributed by atoms with E-state index in [0.29, 0.717) is 18.8 Å². The number of likely N-dealkylation sites (tertiary alicyclic amines) is 1. The summed E-state index contributed by atoms with van der Waals surface area (Å²) >= 11 is 0. The van der Waals surface area contributed by atoms with Crippen LogP contribution >= 0.6 is 0 Å². The Morgan fingerprint density at radius 2 is 2.42 bits per heavy atom. The zero-order valence-electron chi connectivity index (χ0n) is 7.02. The lowest BCUT2D eigenvalue weighted by atomic mass is 10.3. The topological polar surface area (TPSA) is 57.6 Å². The van der Waals surface area contributed by atoms with Gasteiger partial charge in [0, 0.05) is 35.9 Å². The summed E-state index contributed by atoms with van der Waals surface area (Å²) in [6, 6.07) is 0. The summed E-state index contributed by atoms with van der Waals surface area (Å²) in [4.78, 5) is 12.6. The molecule has 0 aromatic rings. The molecule has 0 saturated carbocycles. The van der Waals surface area contributed by atoms with Crippen LogP contribution in [0.15, 0.2) is 0 Å². The van der Waals surface area contributed by atoms with Crippen LogP contribution in [0.25, 0.3) is 0 Å². The molecule has 12 heavy (non-hydrogen) atoms. The molecule has 5 heteroatoms.